The molecule has 0 saturated carbocycles. The molecule has 7 nitrogen and oxygen atoms in total. The van der Waals surface area contributed by atoms with Crippen LogP contribution in [0.3, 0.4) is 0 Å². The molecule has 0 atom stereocenters. The average molecular weight is 323 g/mol. The molecule has 0 aliphatic heterocycles. The first-order chi connectivity index (χ1) is 11.7. The second-order valence-electron chi connectivity index (χ2n) is 4.96. The largest absolute Gasteiger partial charge is 0.493 e. The summed E-state index contributed by atoms with van der Waals surface area (Å²) in [5.74, 6) is 1.12. The lowest BCUT2D eigenvalue weighted by Gasteiger charge is -2.09. The van der Waals surface area contributed by atoms with E-state index in [1.165, 1.54) is 6.20 Å². The predicted octanol–water partition coefficient (Wildman–Crippen LogP) is 2.33. The third-order valence-corrected chi connectivity index (χ3v) is 3.17. The molecular formula is C17H17N5O2. The predicted molar refractivity (Wildman–Crippen MR) is 91.2 cm³/mol. The summed E-state index contributed by atoms with van der Waals surface area (Å²) in [5, 5.41) is 12.6. The van der Waals surface area contributed by atoms with E-state index in [1.807, 2.05) is 24.3 Å². The standard InChI is InChI=1S/C17H17N5O2/c18-6-9-24-14-3-1-2-13(11-14)21-17-20-8-5-15(22-17)12-4-7-19-16(23)10-12/h1-5,7-8,10-11H,6,9,18H2,(H,19,23)(H,20,21,22). The lowest BCUT2D eigenvalue weighted by molar-refractivity contribution is 0.328. The van der Waals surface area contributed by atoms with E-state index in [0.717, 1.165) is 17.0 Å². The van der Waals surface area contributed by atoms with E-state index in [0.29, 0.717) is 24.8 Å². The van der Waals surface area contributed by atoms with Gasteiger partial charge in [-0.25, -0.2) is 15.0 Å². The van der Waals surface area contributed by atoms with Gasteiger partial charge in [0, 0.05) is 42.3 Å². The molecule has 2 heterocycles. The van der Waals surface area contributed by atoms with Crippen molar-refractivity contribution < 1.29 is 9.84 Å². The second kappa shape index (κ2) is 7.38. The molecule has 3 aromatic rings. The monoisotopic (exact) mass is 323 g/mol. The van der Waals surface area contributed by atoms with Gasteiger partial charge in [0.05, 0.1) is 5.69 Å². The van der Waals surface area contributed by atoms with E-state index in [9.17, 15) is 5.11 Å². The lowest BCUT2D eigenvalue weighted by Crippen LogP contribution is -2.10. The number of nitrogens with two attached hydrogens (primary N) is 1. The minimum atomic E-state index is -0.0506. The van der Waals surface area contributed by atoms with Crippen LogP contribution in [0.15, 0.2) is 54.9 Å². The molecule has 3 rings (SSSR count). The van der Waals surface area contributed by atoms with E-state index in [1.54, 1.807) is 24.4 Å². The fourth-order valence-corrected chi connectivity index (χ4v) is 2.13. The number of hydrogen-bond acceptors (Lipinski definition) is 7. The minimum absolute atomic E-state index is 0.0506. The van der Waals surface area contributed by atoms with Gasteiger partial charge in [0.25, 0.3) is 0 Å². The van der Waals surface area contributed by atoms with Gasteiger partial charge in [0.2, 0.25) is 11.8 Å². The van der Waals surface area contributed by atoms with Crippen LogP contribution in [-0.2, 0) is 0 Å². The number of ether oxygens (including phenoxy) is 1. The Labute approximate surface area is 139 Å². The van der Waals surface area contributed by atoms with Crippen LogP contribution in [0.5, 0.6) is 11.6 Å². The Bertz CT molecular complexity index is 825. The summed E-state index contributed by atoms with van der Waals surface area (Å²) in [4.78, 5) is 12.4. The zero-order chi connectivity index (χ0) is 16.8. The van der Waals surface area contributed by atoms with Gasteiger partial charge in [-0.05, 0) is 24.3 Å². The molecule has 0 unspecified atom stereocenters. The number of rotatable bonds is 6. The molecule has 4 N–H and O–H groups in total. The van der Waals surface area contributed by atoms with Gasteiger partial charge in [-0.1, -0.05) is 6.07 Å². The van der Waals surface area contributed by atoms with Gasteiger partial charge < -0.3 is 20.9 Å². The number of nitrogens with zero attached hydrogens (tertiary/aromatic N) is 3. The molecule has 24 heavy (non-hydrogen) atoms. The third-order valence-electron chi connectivity index (χ3n) is 3.17. The van der Waals surface area contributed by atoms with Gasteiger partial charge in [-0.15, -0.1) is 0 Å². The molecule has 0 radical (unpaired) electrons. The van der Waals surface area contributed by atoms with Crippen LogP contribution in [0.4, 0.5) is 11.6 Å². The summed E-state index contributed by atoms with van der Waals surface area (Å²) in [6.07, 6.45) is 3.18. The Hall–Kier alpha value is -3.19. The first kappa shape index (κ1) is 15.7. The topological polar surface area (TPSA) is 106 Å². The highest BCUT2D eigenvalue weighted by atomic mass is 16.5. The number of benzene rings is 1. The van der Waals surface area contributed by atoms with Crippen LogP contribution in [0.1, 0.15) is 0 Å². The number of hydrogen-bond donors (Lipinski definition) is 3. The first-order valence-corrected chi connectivity index (χ1v) is 7.43. The van der Waals surface area contributed by atoms with Crippen molar-refractivity contribution in [2.45, 2.75) is 0 Å². The molecule has 0 saturated heterocycles. The summed E-state index contributed by atoms with van der Waals surface area (Å²) >= 11 is 0. The zero-order valence-corrected chi connectivity index (χ0v) is 12.9. The van der Waals surface area contributed by atoms with E-state index < -0.39 is 0 Å². The maximum Gasteiger partial charge on any atom is 0.227 e. The molecule has 7 heteroatoms. The maximum atomic E-state index is 9.49. The van der Waals surface area contributed by atoms with Crippen molar-refractivity contribution in [2.24, 2.45) is 5.73 Å². The van der Waals surface area contributed by atoms with Crippen molar-refractivity contribution in [2.75, 3.05) is 18.5 Å². The highest BCUT2D eigenvalue weighted by molar-refractivity contribution is 5.63. The molecule has 0 bridgehead atoms. The van der Waals surface area contributed by atoms with Gasteiger partial charge in [-0.3, -0.25) is 0 Å². The van der Waals surface area contributed by atoms with Gasteiger partial charge >= 0.3 is 0 Å². The highest BCUT2D eigenvalue weighted by Crippen LogP contribution is 2.23. The second-order valence-corrected chi connectivity index (χ2v) is 4.96. The lowest BCUT2D eigenvalue weighted by atomic mass is 10.2. The number of nitrogens with one attached hydrogen (secondary N) is 1. The molecule has 0 amide bonds. The number of aromatic nitrogens is 3. The smallest absolute Gasteiger partial charge is 0.227 e. The summed E-state index contributed by atoms with van der Waals surface area (Å²) in [7, 11) is 0. The SMILES string of the molecule is NCCOc1cccc(Nc2nccc(-c3ccnc(O)c3)n2)c1. The minimum Gasteiger partial charge on any atom is -0.493 e. The number of pyridine rings is 1. The molecule has 0 fully saturated rings. The molecule has 1 aromatic carbocycles. The molecule has 0 aliphatic rings. The summed E-state index contributed by atoms with van der Waals surface area (Å²) in [5.41, 5.74) is 7.68. The average Bonchev–Trinajstić information content (AvgIpc) is 2.60. The Balaban J connectivity index is 1.80. The maximum absolute atomic E-state index is 9.49. The molecule has 0 spiro atoms. The van der Waals surface area contributed by atoms with E-state index in [2.05, 4.69) is 20.3 Å². The normalized spacial score (nSPS) is 10.4. The Morgan fingerprint density at radius 3 is 2.79 bits per heavy atom. The molecule has 0 aliphatic carbocycles. The third kappa shape index (κ3) is 3.96. The van der Waals surface area contributed by atoms with Crippen LogP contribution in [0, 0.1) is 0 Å². The van der Waals surface area contributed by atoms with Gasteiger partial charge in [0.1, 0.15) is 12.4 Å². The number of aromatic hydroxyl groups is 1. The van der Waals surface area contributed by atoms with E-state index >= 15 is 0 Å². The van der Waals surface area contributed by atoms with Crippen LogP contribution in [0.25, 0.3) is 11.3 Å². The van der Waals surface area contributed by atoms with E-state index in [-0.39, 0.29) is 5.88 Å². The zero-order valence-electron chi connectivity index (χ0n) is 12.9. The summed E-state index contributed by atoms with van der Waals surface area (Å²) in [6.45, 7) is 0.919. The van der Waals surface area contributed by atoms with Crippen molar-refractivity contribution in [3.63, 3.8) is 0 Å². The highest BCUT2D eigenvalue weighted by Gasteiger charge is 2.05. The van der Waals surface area contributed by atoms with Crippen LogP contribution in [0.2, 0.25) is 0 Å². The fourth-order valence-electron chi connectivity index (χ4n) is 2.13. The quantitative estimate of drug-likeness (QED) is 0.639. The van der Waals surface area contributed by atoms with Gasteiger partial charge in [-0.2, -0.15) is 0 Å². The van der Waals surface area contributed by atoms with Crippen molar-refractivity contribution in [1.29, 1.82) is 0 Å². The molecule has 2 aromatic heterocycles. The van der Waals surface area contributed by atoms with E-state index in [4.69, 9.17) is 10.5 Å². The Morgan fingerprint density at radius 1 is 1.08 bits per heavy atom. The van der Waals surface area contributed by atoms with Crippen molar-refractivity contribution in [3.05, 3.63) is 54.9 Å². The summed E-state index contributed by atoms with van der Waals surface area (Å²) < 4.78 is 5.50. The van der Waals surface area contributed by atoms with Gasteiger partial charge in [0.15, 0.2) is 0 Å². The van der Waals surface area contributed by atoms with Crippen LogP contribution in [-0.4, -0.2) is 33.2 Å². The van der Waals surface area contributed by atoms with Crippen LogP contribution < -0.4 is 15.8 Å². The van der Waals surface area contributed by atoms with Crippen molar-refractivity contribution in [1.82, 2.24) is 15.0 Å². The molecular weight excluding hydrogens is 306 g/mol. The summed E-state index contributed by atoms with van der Waals surface area (Å²) in [6, 6.07) is 12.6. The van der Waals surface area contributed by atoms with Crippen molar-refractivity contribution in [3.8, 4) is 22.9 Å². The Morgan fingerprint density at radius 2 is 1.96 bits per heavy atom. The van der Waals surface area contributed by atoms with Crippen molar-refractivity contribution >= 4 is 11.6 Å². The fraction of sp³-hybridized carbons (Fsp3) is 0.118. The number of anilines is 2. The Kier molecular flexibility index (Phi) is 4.83. The first-order valence-electron chi connectivity index (χ1n) is 7.43. The van der Waals surface area contributed by atoms with Crippen LogP contribution >= 0.6 is 0 Å². The molecule has 122 valence electrons.